The molecule has 2 aromatic rings. The van der Waals surface area contributed by atoms with Gasteiger partial charge in [-0.1, -0.05) is 41.9 Å². The monoisotopic (exact) mass is 346 g/mol. The Morgan fingerprint density at radius 1 is 1.17 bits per heavy atom. The van der Waals surface area contributed by atoms with Crippen molar-refractivity contribution in [3.05, 3.63) is 70.0 Å². The number of rotatable bonds is 3. The average Bonchev–Trinajstić information content (AvgIpc) is 2.75. The Hall–Kier alpha value is -2.40. The number of carbonyl (C=O) groups is 2. The molecule has 0 aromatic heterocycles. The van der Waals surface area contributed by atoms with Gasteiger partial charge in [0.1, 0.15) is 11.4 Å². The Kier molecular flexibility index (Phi) is 4.05. The van der Waals surface area contributed by atoms with Crippen molar-refractivity contribution in [1.82, 2.24) is 10.2 Å². The van der Waals surface area contributed by atoms with Crippen molar-refractivity contribution in [3.8, 4) is 0 Å². The number of nitrogens with one attached hydrogen (secondary N) is 1. The zero-order valence-corrected chi connectivity index (χ0v) is 14.0. The number of imide groups is 1. The highest BCUT2D eigenvalue weighted by molar-refractivity contribution is 6.31. The number of hydrogen-bond donors (Lipinski definition) is 1. The Balaban J connectivity index is 1.97. The summed E-state index contributed by atoms with van der Waals surface area (Å²) in [6, 6.07) is 11.0. The maximum Gasteiger partial charge on any atom is 0.325 e. The van der Waals surface area contributed by atoms with Crippen LogP contribution >= 0.6 is 11.6 Å². The molecule has 0 spiro atoms. The van der Waals surface area contributed by atoms with Crippen molar-refractivity contribution < 1.29 is 14.0 Å². The Bertz CT molecular complexity index is 819. The number of aryl methyl sites for hydroxylation is 1. The van der Waals surface area contributed by atoms with Gasteiger partial charge in [0.25, 0.3) is 5.91 Å². The van der Waals surface area contributed by atoms with E-state index in [-0.39, 0.29) is 17.1 Å². The smallest absolute Gasteiger partial charge is 0.319 e. The Labute approximate surface area is 144 Å². The predicted molar refractivity (Wildman–Crippen MR) is 89.0 cm³/mol. The minimum atomic E-state index is -1.18. The topological polar surface area (TPSA) is 49.4 Å². The van der Waals surface area contributed by atoms with Gasteiger partial charge in [-0.3, -0.25) is 9.69 Å². The number of halogens is 2. The first-order valence-electron chi connectivity index (χ1n) is 7.47. The number of benzene rings is 2. The van der Waals surface area contributed by atoms with Crippen molar-refractivity contribution in [3.63, 3.8) is 0 Å². The molecule has 0 saturated carbocycles. The van der Waals surface area contributed by atoms with E-state index in [9.17, 15) is 14.0 Å². The van der Waals surface area contributed by atoms with Crippen molar-refractivity contribution in [1.29, 1.82) is 0 Å². The summed E-state index contributed by atoms with van der Waals surface area (Å²) < 4.78 is 14.0. The summed E-state index contributed by atoms with van der Waals surface area (Å²) in [5.74, 6) is -0.978. The molecule has 1 saturated heterocycles. The fourth-order valence-electron chi connectivity index (χ4n) is 3.00. The van der Waals surface area contributed by atoms with Crippen LogP contribution in [0.1, 0.15) is 23.6 Å². The summed E-state index contributed by atoms with van der Waals surface area (Å²) >= 11 is 6.01. The zero-order chi connectivity index (χ0) is 17.5. The molecule has 1 atom stereocenters. The van der Waals surface area contributed by atoms with Crippen LogP contribution in [0.25, 0.3) is 0 Å². The molecular weight excluding hydrogens is 331 g/mol. The summed E-state index contributed by atoms with van der Waals surface area (Å²) in [6.07, 6.45) is 0. The lowest BCUT2D eigenvalue weighted by atomic mass is 9.88. The highest BCUT2D eigenvalue weighted by Gasteiger charge is 2.49. The van der Waals surface area contributed by atoms with Crippen LogP contribution in [-0.4, -0.2) is 16.8 Å². The van der Waals surface area contributed by atoms with Crippen molar-refractivity contribution in [2.24, 2.45) is 0 Å². The maximum atomic E-state index is 14.0. The van der Waals surface area contributed by atoms with Gasteiger partial charge < -0.3 is 5.32 Å². The lowest BCUT2D eigenvalue weighted by molar-refractivity contribution is -0.131. The first-order chi connectivity index (χ1) is 11.3. The molecule has 3 amide bonds. The molecule has 4 nitrogen and oxygen atoms in total. The third kappa shape index (κ3) is 2.55. The van der Waals surface area contributed by atoms with E-state index in [4.69, 9.17) is 11.6 Å². The summed E-state index contributed by atoms with van der Waals surface area (Å²) in [6.45, 7) is 3.31. The fourth-order valence-corrected chi connectivity index (χ4v) is 3.22. The predicted octanol–water partition coefficient (Wildman–Crippen LogP) is 3.75. The molecule has 0 aliphatic carbocycles. The average molecular weight is 347 g/mol. The van der Waals surface area contributed by atoms with Crippen LogP contribution < -0.4 is 5.32 Å². The number of amides is 3. The van der Waals surface area contributed by atoms with Gasteiger partial charge >= 0.3 is 6.03 Å². The molecule has 24 heavy (non-hydrogen) atoms. The number of urea groups is 1. The Morgan fingerprint density at radius 3 is 2.54 bits per heavy atom. The van der Waals surface area contributed by atoms with Gasteiger partial charge in [0, 0.05) is 10.6 Å². The van der Waals surface area contributed by atoms with Crippen LogP contribution in [0.4, 0.5) is 9.18 Å². The molecular formula is C18H16ClFN2O2. The van der Waals surface area contributed by atoms with Crippen molar-refractivity contribution in [2.45, 2.75) is 25.9 Å². The lowest BCUT2D eigenvalue weighted by Crippen LogP contribution is -2.41. The molecule has 1 heterocycles. The molecule has 1 N–H and O–H groups in total. The standard InChI is InChI=1S/C18H16ClFN2O2/c1-11-6-3-4-7-13(11)18(2)16(23)22(17(24)21-18)10-12-14(19)8-5-9-15(12)20/h3-9H,10H2,1-2H3,(H,21,24). The van der Waals surface area contributed by atoms with Gasteiger partial charge in [-0.15, -0.1) is 0 Å². The van der Waals surface area contributed by atoms with Gasteiger partial charge in [-0.25, -0.2) is 9.18 Å². The third-order valence-electron chi connectivity index (χ3n) is 4.34. The highest BCUT2D eigenvalue weighted by atomic mass is 35.5. The normalized spacial score (nSPS) is 20.4. The quantitative estimate of drug-likeness (QED) is 0.860. The maximum absolute atomic E-state index is 14.0. The molecule has 2 aromatic carbocycles. The molecule has 1 aliphatic heterocycles. The SMILES string of the molecule is Cc1ccccc1C1(C)NC(=O)N(Cc2c(F)cccc2Cl)C1=O. The van der Waals surface area contributed by atoms with E-state index < -0.39 is 23.3 Å². The molecule has 1 fully saturated rings. The molecule has 0 bridgehead atoms. The fraction of sp³-hybridized carbons (Fsp3) is 0.222. The van der Waals surface area contributed by atoms with Crippen LogP contribution in [-0.2, 0) is 16.9 Å². The molecule has 0 radical (unpaired) electrons. The number of hydrogen-bond acceptors (Lipinski definition) is 2. The first kappa shape index (κ1) is 16.5. The van der Waals surface area contributed by atoms with E-state index in [1.165, 1.54) is 18.2 Å². The molecule has 124 valence electrons. The summed E-state index contributed by atoms with van der Waals surface area (Å²) in [5, 5.41) is 2.90. The largest absolute Gasteiger partial charge is 0.325 e. The van der Waals surface area contributed by atoms with Crippen LogP contribution in [0.15, 0.2) is 42.5 Å². The van der Waals surface area contributed by atoms with Crippen molar-refractivity contribution in [2.75, 3.05) is 0 Å². The minimum absolute atomic E-state index is 0.122. The summed E-state index contributed by atoms with van der Waals surface area (Å²) in [5.41, 5.74) is 0.543. The number of carbonyl (C=O) groups excluding carboxylic acids is 2. The molecule has 6 heteroatoms. The van der Waals surface area contributed by atoms with Crippen LogP contribution in [0.5, 0.6) is 0 Å². The van der Waals surface area contributed by atoms with E-state index in [1.54, 1.807) is 13.0 Å². The van der Waals surface area contributed by atoms with Gasteiger partial charge in [0.05, 0.1) is 6.54 Å². The van der Waals surface area contributed by atoms with Gasteiger partial charge in [0.2, 0.25) is 0 Å². The van der Waals surface area contributed by atoms with Crippen LogP contribution in [0.2, 0.25) is 5.02 Å². The molecule has 1 aliphatic rings. The second kappa shape index (κ2) is 5.91. The number of nitrogens with zero attached hydrogens (tertiary/aromatic N) is 1. The van der Waals surface area contributed by atoms with Gasteiger partial charge in [-0.05, 0) is 37.1 Å². The van der Waals surface area contributed by atoms with E-state index in [1.807, 2.05) is 25.1 Å². The second-order valence-electron chi connectivity index (χ2n) is 5.96. The summed E-state index contributed by atoms with van der Waals surface area (Å²) in [7, 11) is 0. The van der Waals surface area contributed by atoms with Crippen LogP contribution in [0, 0.1) is 12.7 Å². The minimum Gasteiger partial charge on any atom is -0.319 e. The first-order valence-corrected chi connectivity index (χ1v) is 7.85. The molecule has 1 unspecified atom stereocenters. The van der Waals surface area contributed by atoms with Crippen molar-refractivity contribution >= 4 is 23.5 Å². The Morgan fingerprint density at radius 2 is 1.88 bits per heavy atom. The zero-order valence-electron chi connectivity index (χ0n) is 13.3. The van der Waals surface area contributed by atoms with E-state index >= 15 is 0 Å². The highest BCUT2D eigenvalue weighted by Crippen LogP contribution is 2.32. The second-order valence-corrected chi connectivity index (χ2v) is 6.37. The third-order valence-corrected chi connectivity index (χ3v) is 4.69. The lowest BCUT2D eigenvalue weighted by Gasteiger charge is -2.24. The van der Waals surface area contributed by atoms with Gasteiger partial charge in [0.15, 0.2) is 0 Å². The van der Waals surface area contributed by atoms with Gasteiger partial charge in [-0.2, -0.15) is 0 Å². The van der Waals surface area contributed by atoms with E-state index in [0.717, 1.165) is 10.5 Å². The van der Waals surface area contributed by atoms with E-state index in [2.05, 4.69) is 5.32 Å². The van der Waals surface area contributed by atoms with E-state index in [0.29, 0.717) is 5.56 Å². The summed E-state index contributed by atoms with van der Waals surface area (Å²) in [4.78, 5) is 26.2. The molecule has 3 rings (SSSR count). The van der Waals surface area contributed by atoms with Crippen LogP contribution in [0.3, 0.4) is 0 Å².